The number of hydrogen-bond acceptors (Lipinski definition) is 1. The zero-order valence-electron chi connectivity index (χ0n) is 34.1. The van der Waals surface area contributed by atoms with E-state index in [2.05, 4.69) is 217 Å². The number of para-hydroxylation sites is 1. The van der Waals surface area contributed by atoms with Gasteiger partial charge >= 0.3 is 0 Å². The van der Waals surface area contributed by atoms with Gasteiger partial charge in [-0.3, -0.25) is 0 Å². The molecule has 1 fully saturated rings. The second-order valence-electron chi connectivity index (χ2n) is 17.1. The zero-order chi connectivity index (χ0) is 39.9. The van der Waals surface area contributed by atoms with Gasteiger partial charge in [0.05, 0.1) is 5.69 Å². The van der Waals surface area contributed by atoms with Gasteiger partial charge in [0.2, 0.25) is 0 Å². The van der Waals surface area contributed by atoms with Crippen molar-refractivity contribution in [1.82, 2.24) is 0 Å². The molecule has 3 aliphatic carbocycles. The maximum absolute atomic E-state index is 2.63. The van der Waals surface area contributed by atoms with Crippen LogP contribution in [0.25, 0.3) is 33.0 Å². The molecule has 3 aliphatic rings. The molecule has 11 rings (SSSR count). The molecule has 0 saturated heterocycles. The van der Waals surface area contributed by atoms with E-state index in [4.69, 9.17) is 0 Å². The van der Waals surface area contributed by atoms with E-state index in [1.807, 2.05) is 0 Å². The van der Waals surface area contributed by atoms with Crippen molar-refractivity contribution in [3.05, 3.63) is 251 Å². The molecule has 1 saturated carbocycles. The highest BCUT2D eigenvalue weighted by atomic mass is 15.2. The van der Waals surface area contributed by atoms with Crippen molar-refractivity contribution in [2.45, 2.75) is 55.8 Å². The Morgan fingerprint density at radius 3 is 1.92 bits per heavy atom. The van der Waals surface area contributed by atoms with Crippen LogP contribution in [0.15, 0.2) is 218 Å². The van der Waals surface area contributed by atoms with Gasteiger partial charge in [-0.25, -0.2) is 0 Å². The minimum atomic E-state index is -0.00339. The molecule has 8 aromatic rings. The van der Waals surface area contributed by atoms with E-state index in [1.165, 1.54) is 109 Å². The predicted molar refractivity (Wildman–Crippen MR) is 252 cm³/mol. The van der Waals surface area contributed by atoms with Crippen LogP contribution in [0.2, 0.25) is 0 Å². The molecule has 2 atom stereocenters. The van der Waals surface area contributed by atoms with Crippen molar-refractivity contribution in [2.24, 2.45) is 0 Å². The molecule has 290 valence electrons. The molecule has 8 aromatic carbocycles. The summed E-state index contributed by atoms with van der Waals surface area (Å²) in [5.41, 5.74) is 17.6. The predicted octanol–water partition coefficient (Wildman–Crippen LogP) is 15.5. The van der Waals surface area contributed by atoms with Crippen molar-refractivity contribution in [3.63, 3.8) is 0 Å². The van der Waals surface area contributed by atoms with Crippen molar-refractivity contribution in [2.75, 3.05) is 4.90 Å². The molecule has 60 heavy (non-hydrogen) atoms. The Hall–Kier alpha value is -6.70. The van der Waals surface area contributed by atoms with E-state index >= 15 is 0 Å². The lowest BCUT2D eigenvalue weighted by atomic mass is 9.75. The zero-order valence-corrected chi connectivity index (χ0v) is 34.1. The Bertz CT molecular complexity index is 2850. The Morgan fingerprint density at radius 2 is 1.20 bits per heavy atom. The van der Waals surface area contributed by atoms with Gasteiger partial charge < -0.3 is 4.90 Å². The summed E-state index contributed by atoms with van der Waals surface area (Å²) in [5.74, 6) is 0.613. The second-order valence-corrected chi connectivity index (χ2v) is 17.1. The third-order valence-electron chi connectivity index (χ3n) is 13.7. The number of fused-ring (bicyclic) bond motifs is 6. The van der Waals surface area contributed by atoms with Crippen LogP contribution in [0.4, 0.5) is 11.4 Å². The number of hydrogen-bond donors (Lipinski definition) is 0. The van der Waals surface area contributed by atoms with Crippen LogP contribution in [0.5, 0.6) is 0 Å². The van der Waals surface area contributed by atoms with Gasteiger partial charge in [0, 0.05) is 39.6 Å². The summed E-state index contributed by atoms with van der Waals surface area (Å²) < 4.78 is 0. The van der Waals surface area contributed by atoms with Crippen molar-refractivity contribution < 1.29 is 0 Å². The lowest BCUT2D eigenvalue weighted by molar-refractivity contribution is 0.549. The van der Waals surface area contributed by atoms with Crippen molar-refractivity contribution in [1.29, 1.82) is 0 Å². The SMILES string of the molecule is C1=CC(c2ccccc2)CC=C1N(c1ccccc1)c1c2c(cc3ccccc13)C1(CCCC1)c1cc(CC(c3ccccc3)c3ccc(-c4ccccc4)cc3)ccc1-2. The summed E-state index contributed by atoms with van der Waals surface area (Å²) in [7, 11) is 0. The van der Waals surface area contributed by atoms with Crippen LogP contribution in [-0.2, 0) is 11.8 Å². The van der Waals surface area contributed by atoms with E-state index in [0.29, 0.717) is 5.92 Å². The number of anilines is 2. The van der Waals surface area contributed by atoms with Crippen molar-refractivity contribution >= 4 is 22.1 Å². The summed E-state index contributed by atoms with van der Waals surface area (Å²) in [4.78, 5) is 2.58. The van der Waals surface area contributed by atoms with Gasteiger partial charge in [0.1, 0.15) is 0 Å². The Kier molecular flexibility index (Phi) is 9.39. The monoisotopic (exact) mass is 771 g/mol. The minimum absolute atomic E-state index is 0.00339. The molecule has 2 unspecified atom stereocenters. The van der Waals surface area contributed by atoms with Crippen LogP contribution >= 0.6 is 0 Å². The fraction of sp³-hybridized carbons (Fsp3) is 0.153. The molecule has 0 bridgehead atoms. The normalized spacial score (nSPS) is 16.7. The quantitative estimate of drug-likeness (QED) is 0.141. The average Bonchev–Trinajstić information content (AvgIpc) is 3.93. The smallest absolute Gasteiger partial charge is 0.0621 e. The Balaban J connectivity index is 1.05. The number of benzene rings is 8. The fourth-order valence-corrected chi connectivity index (χ4v) is 10.8. The van der Waals surface area contributed by atoms with Gasteiger partial charge in [-0.15, -0.1) is 0 Å². The highest BCUT2D eigenvalue weighted by Gasteiger charge is 2.47. The van der Waals surface area contributed by atoms with Crippen molar-refractivity contribution in [3.8, 4) is 22.3 Å². The van der Waals surface area contributed by atoms with Gasteiger partial charge in [0.25, 0.3) is 0 Å². The average molecular weight is 772 g/mol. The first-order valence-corrected chi connectivity index (χ1v) is 21.9. The van der Waals surface area contributed by atoms with Gasteiger partial charge in [0.15, 0.2) is 0 Å². The summed E-state index contributed by atoms with van der Waals surface area (Å²) in [5, 5.41) is 2.62. The van der Waals surface area contributed by atoms with E-state index in [1.54, 1.807) is 0 Å². The molecule has 0 N–H and O–H groups in total. The molecule has 1 heteroatoms. The second kappa shape index (κ2) is 15.5. The Morgan fingerprint density at radius 1 is 0.567 bits per heavy atom. The third-order valence-corrected chi connectivity index (χ3v) is 13.7. The lowest BCUT2D eigenvalue weighted by Crippen LogP contribution is -2.22. The highest BCUT2D eigenvalue weighted by Crippen LogP contribution is 2.61. The van der Waals surface area contributed by atoms with E-state index in [0.717, 1.165) is 12.8 Å². The van der Waals surface area contributed by atoms with Crippen LogP contribution in [0.1, 0.15) is 77.3 Å². The first kappa shape index (κ1) is 36.4. The van der Waals surface area contributed by atoms with Crippen LogP contribution in [0, 0.1) is 0 Å². The van der Waals surface area contributed by atoms with Crippen LogP contribution in [-0.4, -0.2) is 0 Å². The minimum Gasteiger partial charge on any atom is -0.310 e. The maximum atomic E-state index is 2.63. The standard InChI is InChI=1S/C59H49N/c1-5-17-43(18-6-1)45-28-30-48(31-29-45)54(47-21-9-3-10-22-47)39-42-27-36-53-55(40-42)59(37-15-16-38-59)56-41-49-23-13-14-26-52(49)58(57(53)56)60(50-24-11-4-12-25-50)51-34-32-46(33-35-51)44-19-7-2-8-20-44/h1-14,17-32,34-36,40-41,46,54H,15-16,33,37-39H2. The van der Waals surface area contributed by atoms with Crippen LogP contribution < -0.4 is 4.90 Å². The van der Waals surface area contributed by atoms with E-state index in [-0.39, 0.29) is 11.3 Å². The third kappa shape index (κ3) is 6.41. The molecule has 0 aromatic heterocycles. The molecule has 0 radical (unpaired) electrons. The molecular weight excluding hydrogens is 723 g/mol. The topological polar surface area (TPSA) is 3.24 Å². The number of allylic oxidation sites excluding steroid dienone is 3. The molecule has 0 heterocycles. The maximum Gasteiger partial charge on any atom is 0.0621 e. The summed E-state index contributed by atoms with van der Waals surface area (Å²) in [6.07, 6.45) is 14.1. The molecule has 1 nitrogen and oxygen atoms in total. The first-order valence-electron chi connectivity index (χ1n) is 21.9. The van der Waals surface area contributed by atoms with Crippen LogP contribution in [0.3, 0.4) is 0 Å². The molecular formula is C59H49N. The number of rotatable bonds is 9. The molecule has 0 aliphatic heterocycles. The van der Waals surface area contributed by atoms with E-state index in [9.17, 15) is 0 Å². The first-order chi connectivity index (χ1) is 29.7. The summed E-state index contributed by atoms with van der Waals surface area (Å²) in [6, 6.07) is 72.5. The Labute approximate surface area is 355 Å². The highest BCUT2D eigenvalue weighted by molar-refractivity contribution is 6.09. The lowest BCUT2D eigenvalue weighted by Gasteiger charge is -2.33. The van der Waals surface area contributed by atoms with Gasteiger partial charge in [-0.05, 0) is 105 Å². The molecule has 1 spiro atoms. The molecule has 0 amide bonds. The summed E-state index contributed by atoms with van der Waals surface area (Å²) in [6.45, 7) is 0. The number of nitrogens with zero attached hydrogens (tertiary/aromatic N) is 1. The fourth-order valence-electron chi connectivity index (χ4n) is 10.8. The van der Waals surface area contributed by atoms with Gasteiger partial charge in [-0.2, -0.15) is 0 Å². The van der Waals surface area contributed by atoms with E-state index < -0.39 is 0 Å². The largest absolute Gasteiger partial charge is 0.310 e. The van der Waals surface area contributed by atoms with Gasteiger partial charge in [-0.1, -0.05) is 201 Å². The summed E-state index contributed by atoms with van der Waals surface area (Å²) >= 11 is 0.